The summed E-state index contributed by atoms with van der Waals surface area (Å²) in [5.41, 5.74) is 0.393. The molecule has 0 bridgehead atoms. The van der Waals surface area contributed by atoms with Gasteiger partial charge in [0.05, 0.1) is 6.54 Å². The Kier molecular flexibility index (Phi) is 3.96. The molecule has 1 aromatic rings. The molecule has 0 aromatic heterocycles. The van der Waals surface area contributed by atoms with Crippen LogP contribution in [0.15, 0.2) is 30.3 Å². The number of hydrogen-bond donors (Lipinski definition) is 2. The number of nitrogens with two attached hydrogens (primary N) is 1. The molecule has 0 spiro atoms. The molecule has 15 heavy (non-hydrogen) atoms. The Balaban J connectivity index is 2.73. The number of carbonyl (C=O) groups excluding carboxylic acids is 2. The lowest BCUT2D eigenvalue weighted by Crippen LogP contribution is -2.46. The van der Waals surface area contributed by atoms with Crippen LogP contribution in [0.3, 0.4) is 0 Å². The molecule has 5 heteroatoms. The summed E-state index contributed by atoms with van der Waals surface area (Å²) in [4.78, 5) is 22.9. The summed E-state index contributed by atoms with van der Waals surface area (Å²) in [6.07, 6.45) is 0. The highest BCUT2D eigenvalue weighted by atomic mass is 16.2. The first-order chi connectivity index (χ1) is 7.16. The Morgan fingerprint density at radius 1 is 1.33 bits per heavy atom. The Hall–Kier alpha value is -1.72. The number of likely N-dealkylation sites (N-methyl/N-ethyl adjacent to an activating group) is 1. The van der Waals surface area contributed by atoms with E-state index in [2.05, 4.69) is 5.32 Å². The van der Waals surface area contributed by atoms with E-state index in [9.17, 15) is 9.59 Å². The van der Waals surface area contributed by atoms with E-state index >= 15 is 0 Å². The van der Waals surface area contributed by atoms with Gasteiger partial charge in [-0.1, -0.05) is 18.2 Å². The van der Waals surface area contributed by atoms with Gasteiger partial charge in [0, 0.05) is 5.56 Å². The minimum atomic E-state index is -0.504. The van der Waals surface area contributed by atoms with Crippen LogP contribution in [0.2, 0.25) is 0 Å². The van der Waals surface area contributed by atoms with Gasteiger partial charge in [0.25, 0.3) is 11.8 Å². The molecule has 0 aliphatic carbocycles. The van der Waals surface area contributed by atoms with Crippen molar-refractivity contribution in [2.45, 2.75) is 0 Å². The summed E-state index contributed by atoms with van der Waals surface area (Å²) >= 11 is 0. The summed E-state index contributed by atoms with van der Waals surface area (Å²) in [5.74, 6) is 4.40. The van der Waals surface area contributed by atoms with Crippen LogP contribution in [0.25, 0.3) is 0 Å². The Labute approximate surface area is 87.8 Å². The minimum Gasteiger partial charge on any atom is -0.311 e. The van der Waals surface area contributed by atoms with Gasteiger partial charge in [-0.15, -0.1) is 0 Å². The number of hydrazine groups is 1. The zero-order valence-electron chi connectivity index (χ0n) is 8.43. The van der Waals surface area contributed by atoms with E-state index in [0.717, 1.165) is 0 Å². The van der Waals surface area contributed by atoms with Crippen LogP contribution >= 0.6 is 0 Å². The molecule has 0 saturated carbocycles. The molecule has 80 valence electrons. The van der Waals surface area contributed by atoms with Gasteiger partial charge >= 0.3 is 0 Å². The molecule has 0 saturated heterocycles. The number of rotatable bonds is 3. The van der Waals surface area contributed by atoms with E-state index in [1.54, 1.807) is 37.4 Å². The van der Waals surface area contributed by atoms with E-state index < -0.39 is 11.8 Å². The normalized spacial score (nSPS) is 9.73. The second-order valence-corrected chi connectivity index (χ2v) is 2.97. The highest BCUT2D eigenvalue weighted by molar-refractivity contribution is 6.04. The summed E-state index contributed by atoms with van der Waals surface area (Å²) in [6.45, 7) is 0.0368. The van der Waals surface area contributed by atoms with Crippen LogP contribution in [-0.2, 0) is 4.79 Å². The third kappa shape index (κ3) is 2.87. The maximum Gasteiger partial charge on any atom is 0.274 e. The maximum atomic E-state index is 11.6. The van der Waals surface area contributed by atoms with E-state index in [0.29, 0.717) is 10.6 Å². The third-order valence-corrected chi connectivity index (χ3v) is 1.84. The molecule has 0 aliphatic heterocycles. The van der Waals surface area contributed by atoms with Gasteiger partial charge in [-0.05, 0) is 19.2 Å². The second kappa shape index (κ2) is 5.23. The SMILES string of the molecule is CNCC(=O)N(N)C(=O)c1ccccc1. The van der Waals surface area contributed by atoms with Crippen molar-refractivity contribution in [3.8, 4) is 0 Å². The van der Waals surface area contributed by atoms with Crippen LogP contribution in [0.1, 0.15) is 10.4 Å². The minimum absolute atomic E-state index is 0.0368. The lowest BCUT2D eigenvalue weighted by Gasteiger charge is -2.14. The number of nitrogens with zero attached hydrogens (tertiary/aromatic N) is 1. The van der Waals surface area contributed by atoms with Crippen molar-refractivity contribution in [2.24, 2.45) is 5.84 Å². The molecular formula is C10H13N3O2. The zero-order chi connectivity index (χ0) is 11.3. The van der Waals surface area contributed by atoms with Crippen LogP contribution in [0.5, 0.6) is 0 Å². The Morgan fingerprint density at radius 3 is 2.47 bits per heavy atom. The van der Waals surface area contributed by atoms with Gasteiger partial charge in [0.2, 0.25) is 0 Å². The summed E-state index contributed by atoms with van der Waals surface area (Å²) < 4.78 is 0. The standard InChI is InChI=1S/C10H13N3O2/c1-12-7-9(14)13(11)10(15)8-5-3-2-4-6-8/h2-6,12H,7,11H2,1H3. The van der Waals surface area contributed by atoms with Crippen molar-refractivity contribution in [2.75, 3.05) is 13.6 Å². The van der Waals surface area contributed by atoms with Crippen molar-refractivity contribution >= 4 is 11.8 Å². The van der Waals surface area contributed by atoms with E-state index in [4.69, 9.17) is 5.84 Å². The van der Waals surface area contributed by atoms with Crippen LogP contribution < -0.4 is 11.2 Å². The van der Waals surface area contributed by atoms with Crippen LogP contribution in [0.4, 0.5) is 0 Å². The molecule has 0 unspecified atom stereocenters. The number of carbonyl (C=O) groups is 2. The number of hydrogen-bond acceptors (Lipinski definition) is 4. The highest BCUT2D eigenvalue weighted by Crippen LogP contribution is 2.01. The number of nitrogens with one attached hydrogen (secondary N) is 1. The molecule has 5 nitrogen and oxygen atoms in total. The second-order valence-electron chi connectivity index (χ2n) is 2.97. The zero-order valence-corrected chi connectivity index (χ0v) is 8.43. The lowest BCUT2D eigenvalue weighted by molar-refractivity contribution is -0.127. The maximum absolute atomic E-state index is 11.6. The average Bonchev–Trinajstić information content (AvgIpc) is 2.28. The fourth-order valence-electron chi connectivity index (χ4n) is 1.07. The monoisotopic (exact) mass is 207 g/mol. The van der Waals surface area contributed by atoms with E-state index in [1.165, 1.54) is 0 Å². The topological polar surface area (TPSA) is 75.4 Å². The summed E-state index contributed by atoms with van der Waals surface area (Å²) in [7, 11) is 1.61. The molecule has 0 fully saturated rings. The van der Waals surface area contributed by atoms with Crippen LogP contribution in [-0.4, -0.2) is 30.4 Å². The number of imide groups is 1. The summed E-state index contributed by atoms with van der Waals surface area (Å²) in [6, 6.07) is 8.42. The van der Waals surface area contributed by atoms with Crippen LogP contribution in [0, 0.1) is 0 Å². The number of amides is 2. The molecule has 1 aromatic carbocycles. The van der Waals surface area contributed by atoms with Gasteiger partial charge in [-0.2, -0.15) is 0 Å². The van der Waals surface area contributed by atoms with Crippen molar-refractivity contribution in [3.05, 3.63) is 35.9 Å². The van der Waals surface area contributed by atoms with E-state index in [1.807, 2.05) is 0 Å². The van der Waals surface area contributed by atoms with Gasteiger partial charge < -0.3 is 5.32 Å². The molecule has 1 rings (SSSR count). The van der Waals surface area contributed by atoms with Crippen molar-refractivity contribution in [3.63, 3.8) is 0 Å². The predicted molar refractivity (Wildman–Crippen MR) is 55.7 cm³/mol. The molecule has 3 N–H and O–H groups in total. The average molecular weight is 207 g/mol. The first-order valence-corrected chi connectivity index (χ1v) is 4.48. The van der Waals surface area contributed by atoms with Gasteiger partial charge in [0.1, 0.15) is 0 Å². The first kappa shape index (κ1) is 11.4. The molecule has 0 radical (unpaired) electrons. The molecule has 2 amide bonds. The quantitative estimate of drug-likeness (QED) is 0.407. The smallest absolute Gasteiger partial charge is 0.274 e. The fourth-order valence-corrected chi connectivity index (χ4v) is 1.07. The third-order valence-electron chi connectivity index (χ3n) is 1.84. The predicted octanol–water partition coefficient (Wildman–Crippen LogP) is -0.251. The lowest BCUT2D eigenvalue weighted by atomic mass is 10.2. The highest BCUT2D eigenvalue weighted by Gasteiger charge is 2.17. The summed E-state index contributed by atoms with van der Waals surface area (Å²) in [5, 5.41) is 3.25. The van der Waals surface area contributed by atoms with Crippen molar-refractivity contribution < 1.29 is 9.59 Å². The van der Waals surface area contributed by atoms with Gasteiger partial charge in [0.15, 0.2) is 0 Å². The van der Waals surface area contributed by atoms with E-state index in [-0.39, 0.29) is 6.54 Å². The molecule has 0 heterocycles. The number of benzene rings is 1. The fraction of sp³-hybridized carbons (Fsp3) is 0.200. The molecular weight excluding hydrogens is 194 g/mol. The molecule has 0 atom stereocenters. The molecule has 0 aliphatic rings. The largest absolute Gasteiger partial charge is 0.311 e. The van der Waals surface area contributed by atoms with Gasteiger partial charge in [-0.25, -0.2) is 10.9 Å². The van der Waals surface area contributed by atoms with Gasteiger partial charge in [-0.3, -0.25) is 9.59 Å². The first-order valence-electron chi connectivity index (χ1n) is 4.48. The Morgan fingerprint density at radius 2 is 1.93 bits per heavy atom. The van der Waals surface area contributed by atoms with Crippen molar-refractivity contribution in [1.82, 2.24) is 10.3 Å². The van der Waals surface area contributed by atoms with Crippen molar-refractivity contribution in [1.29, 1.82) is 0 Å². The Bertz CT molecular complexity index is 351.